The third-order valence-electron chi connectivity index (χ3n) is 4.99. The van der Waals surface area contributed by atoms with Crippen molar-refractivity contribution in [2.45, 2.75) is 6.61 Å². The molecule has 0 aromatic heterocycles. The Labute approximate surface area is 207 Å². The first-order chi connectivity index (χ1) is 16.5. The van der Waals surface area contributed by atoms with Crippen molar-refractivity contribution in [1.29, 1.82) is 0 Å². The van der Waals surface area contributed by atoms with E-state index in [4.69, 9.17) is 25.8 Å². The fourth-order valence-electron chi connectivity index (χ4n) is 3.35. The molecule has 0 N–H and O–H groups in total. The van der Waals surface area contributed by atoms with E-state index in [0.29, 0.717) is 32.7 Å². The van der Waals surface area contributed by atoms with Crippen molar-refractivity contribution in [2.24, 2.45) is 0 Å². The van der Waals surface area contributed by atoms with Crippen LogP contribution in [0.2, 0.25) is 5.02 Å². The summed E-state index contributed by atoms with van der Waals surface area (Å²) < 4.78 is 17.1. The quantitative estimate of drug-likeness (QED) is 0.337. The number of nitrogens with zero attached hydrogens (tertiary/aromatic N) is 1. The first kappa shape index (κ1) is 23.7. The summed E-state index contributed by atoms with van der Waals surface area (Å²) in [5.41, 5.74) is 1.52. The molecule has 0 aliphatic carbocycles. The maximum Gasteiger partial charge on any atom is 0.293 e. The third-order valence-corrected chi connectivity index (χ3v) is 6.13. The van der Waals surface area contributed by atoms with Gasteiger partial charge < -0.3 is 14.2 Å². The number of carbonyl (C=O) groups is 2. The Morgan fingerprint density at radius 3 is 2.53 bits per heavy atom. The number of ether oxygens (including phenoxy) is 3. The molecular weight excluding hydrogens is 474 g/mol. The summed E-state index contributed by atoms with van der Waals surface area (Å²) in [6, 6.07) is 22.0. The van der Waals surface area contributed by atoms with Crippen LogP contribution in [0.15, 0.2) is 77.7 Å². The van der Waals surface area contributed by atoms with Crippen LogP contribution >= 0.6 is 23.4 Å². The van der Waals surface area contributed by atoms with E-state index >= 15 is 0 Å². The third kappa shape index (κ3) is 5.73. The number of benzene rings is 3. The monoisotopic (exact) mass is 495 g/mol. The lowest BCUT2D eigenvalue weighted by molar-refractivity contribution is -0.123. The molecule has 0 unspecified atom stereocenters. The lowest BCUT2D eigenvalue weighted by Crippen LogP contribution is -2.32. The van der Waals surface area contributed by atoms with Gasteiger partial charge >= 0.3 is 0 Å². The molecule has 0 spiro atoms. The summed E-state index contributed by atoms with van der Waals surface area (Å²) in [5, 5.41) is 0.281. The molecule has 2 amide bonds. The van der Waals surface area contributed by atoms with E-state index in [0.717, 1.165) is 17.3 Å². The van der Waals surface area contributed by atoms with Crippen LogP contribution < -0.4 is 14.2 Å². The molecule has 8 heteroatoms. The van der Waals surface area contributed by atoms with Crippen molar-refractivity contribution >= 4 is 40.6 Å². The molecule has 0 atom stereocenters. The summed E-state index contributed by atoms with van der Waals surface area (Å²) in [4.78, 5) is 26.9. The van der Waals surface area contributed by atoms with E-state index in [2.05, 4.69) is 0 Å². The number of rotatable bonds is 9. The van der Waals surface area contributed by atoms with Crippen LogP contribution in [0.25, 0.3) is 6.08 Å². The van der Waals surface area contributed by atoms with E-state index in [1.54, 1.807) is 31.4 Å². The Morgan fingerprint density at radius 2 is 1.76 bits per heavy atom. The number of amides is 2. The zero-order valence-electron chi connectivity index (χ0n) is 18.4. The van der Waals surface area contributed by atoms with Gasteiger partial charge in [0.1, 0.15) is 19.0 Å². The number of hydrogen-bond acceptors (Lipinski definition) is 6. The topological polar surface area (TPSA) is 65.1 Å². The Hall–Kier alpha value is -3.42. The van der Waals surface area contributed by atoms with Crippen molar-refractivity contribution in [3.8, 4) is 17.2 Å². The van der Waals surface area contributed by atoms with Crippen LogP contribution in [-0.2, 0) is 11.4 Å². The normalized spacial score (nSPS) is 14.5. The van der Waals surface area contributed by atoms with E-state index in [-0.39, 0.29) is 30.9 Å². The number of thioether (sulfide) groups is 1. The van der Waals surface area contributed by atoms with Gasteiger partial charge in [-0.3, -0.25) is 14.5 Å². The van der Waals surface area contributed by atoms with Gasteiger partial charge in [0, 0.05) is 10.6 Å². The van der Waals surface area contributed by atoms with Gasteiger partial charge in [-0.25, -0.2) is 0 Å². The van der Waals surface area contributed by atoms with Crippen LogP contribution in [0, 0.1) is 0 Å². The van der Waals surface area contributed by atoms with Crippen molar-refractivity contribution in [3.05, 3.63) is 93.9 Å². The fourth-order valence-corrected chi connectivity index (χ4v) is 4.42. The van der Waals surface area contributed by atoms with Crippen molar-refractivity contribution in [1.82, 2.24) is 4.90 Å². The second-order valence-electron chi connectivity index (χ2n) is 7.29. The highest BCUT2D eigenvalue weighted by atomic mass is 35.5. The number of para-hydroxylation sites is 2. The smallest absolute Gasteiger partial charge is 0.293 e. The molecule has 4 rings (SSSR count). The molecule has 34 heavy (non-hydrogen) atoms. The molecule has 0 saturated carbocycles. The van der Waals surface area contributed by atoms with Gasteiger partial charge in [0.15, 0.2) is 11.5 Å². The average molecular weight is 496 g/mol. The molecule has 1 fully saturated rings. The second kappa shape index (κ2) is 11.1. The zero-order chi connectivity index (χ0) is 23.9. The molecule has 3 aromatic carbocycles. The Balaban J connectivity index is 1.49. The molecule has 6 nitrogen and oxygen atoms in total. The molecular formula is C26H22ClNO5S. The van der Waals surface area contributed by atoms with E-state index < -0.39 is 0 Å². The van der Waals surface area contributed by atoms with Crippen molar-refractivity contribution in [3.63, 3.8) is 0 Å². The fraction of sp³-hybridized carbons (Fsp3) is 0.154. The van der Waals surface area contributed by atoms with Gasteiger partial charge in [0.25, 0.3) is 11.1 Å². The second-order valence-corrected chi connectivity index (χ2v) is 8.72. The molecule has 1 aliphatic heterocycles. The minimum absolute atomic E-state index is 0.160. The Morgan fingerprint density at radius 1 is 0.971 bits per heavy atom. The van der Waals surface area contributed by atoms with Crippen LogP contribution in [0.5, 0.6) is 17.2 Å². The summed E-state index contributed by atoms with van der Waals surface area (Å²) in [5.74, 6) is 1.31. The highest BCUT2D eigenvalue weighted by molar-refractivity contribution is 8.18. The number of carbonyl (C=O) groups excluding carboxylic acids is 2. The number of imide groups is 1. The molecule has 174 valence electrons. The lowest BCUT2D eigenvalue weighted by Gasteiger charge is -2.14. The van der Waals surface area contributed by atoms with Gasteiger partial charge in [-0.05, 0) is 53.7 Å². The molecule has 0 bridgehead atoms. The summed E-state index contributed by atoms with van der Waals surface area (Å²) >= 11 is 6.96. The first-order valence-electron chi connectivity index (χ1n) is 10.5. The molecule has 3 aromatic rings. The molecule has 1 saturated heterocycles. The summed E-state index contributed by atoms with van der Waals surface area (Å²) in [6.07, 6.45) is 1.65. The van der Waals surface area contributed by atoms with Crippen molar-refractivity contribution < 1.29 is 23.8 Å². The number of halogens is 1. The van der Waals surface area contributed by atoms with Crippen LogP contribution in [0.4, 0.5) is 4.79 Å². The van der Waals surface area contributed by atoms with Gasteiger partial charge in [-0.15, -0.1) is 0 Å². The van der Waals surface area contributed by atoms with Crippen LogP contribution in [0.1, 0.15) is 11.1 Å². The maximum atomic E-state index is 12.9. The van der Waals surface area contributed by atoms with Gasteiger partial charge in [0.05, 0.1) is 18.6 Å². The predicted molar refractivity (Wildman–Crippen MR) is 133 cm³/mol. The highest BCUT2D eigenvalue weighted by Gasteiger charge is 2.35. The largest absolute Gasteiger partial charge is 0.493 e. The zero-order valence-corrected chi connectivity index (χ0v) is 20.0. The number of methoxy groups -OCH3 is 1. The molecule has 1 aliphatic rings. The van der Waals surface area contributed by atoms with Gasteiger partial charge in [-0.1, -0.05) is 54.1 Å². The Kier molecular flexibility index (Phi) is 7.77. The minimum atomic E-state index is -0.365. The first-order valence-corrected chi connectivity index (χ1v) is 11.7. The Bertz CT molecular complexity index is 1210. The van der Waals surface area contributed by atoms with Crippen LogP contribution in [0.3, 0.4) is 0 Å². The summed E-state index contributed by atoms with van der Waals surface area (Å²) in [6.45, 7) is 0.635. The van der Waals surface area contributed by atoms with E-state index in [1.807, 2.05) is 54.6 Å². The number of hydrogen-bond donors (Lipinski definition) is 0. The SMILES string of the molecule is COc1cccc(/C=C2\SC(=O)N(CCOc3ccccc3)C2=O)c1OCc1cccc(Cl)c1. The maximum absolute atomic E-state index is 12.9. The predicted octanol–water partition coefficient (Wildman–Crippen LogP) is 6.04. The lowest BCUT2D eigenvalue weighted by atomic mass is 10.1. The minimum Gasteiger partial charge on any atom is -0.493 e. The van der Waals surface area contributed by atoms with E-state index in [9.17, 15) is 9.59 Å². The highest BCUT2D eigenvalue weighted by Crippen LogP contribution is 2.37. The van der Waals surface area contributed by atoms with Crippen molar-refractivity contribution in [2.75, 3.05) is 20.3 Å². The summed E-state index contributed by atoms with van der Waals surface area (Å²) in [7, 11) is 1.55. The van der Waals surface area contributed by atoms with Gasteiger partial charge in [0.2, 0.25) is 0 Å². The average Bonchev–Trinajstić information content (AvgIpc) is 3.11. The standard InChI is InChI=1S/C26H22ClNO5S/c1-31-22-12-6-8-19(24(22)33-17-18-7-5-9-20(27)15-18)16-23-25(29)28(26(30)34-23)13-14-32-21-10-3-2-4-11-21/h2-12,15-16H,13-14,17H2,1H3/b23-16-. The van der Waals surface area contributed by atoms with Crippen LogP contribution in [-0.4, -0.2) is 36.3 Å². The molecule has 0 radical (unpaired) electrons. The van der Waals surface area contributed by atoms with E-state index in [1.165, 1.54) is 4.90 Å². The molecule has 1 heterocycles. The van der Waals surface area contributed by atoms with Gasteiger partial charge in [-0.2, -0.15) is 0 Å².